The molecule has 136 valence electrons. The third kappa shape index (κ3) is 2.90. The largest absolute Gasteiger partial charge is 0.397 e. The lowest BCUT2D eigenvalue weighted by Crippen LogP contribution is -2.11. The Morgan fingerprint density at radius 2 is 1.82 bits per heavy atom. The topological polar surface area (TPSA) is 131 Å². The highest BCUT2D eigenvalue weighted by Crippen LogP contribution is 2.42. The third-order valence-electron chi connectivity index (χ3n) is 4.22. The van der Waals surface area contributed by atoms with Crippen LogP contribution in [0.2, 0.25) is 0 Å². The van der Waals surface area contributed by atoms with Crippen LogP contribution in [-0.4, -0.2) is 15.9 Å². The van der Waals surface area contributed by atoms with Crippen LogP contribution in [0.3, 0.4) is 0 Å². The van der Waals surface area contributed by atoms with Gasteiger partial charge in [-0.05, 0) is 17.7 Å². The number of hydrogen-bond acceptors (Lipinski definition) is 7. The summed E-state index contributed by atoms with van der Waals surface area (Å²) in [5, 5.41) is 13.0. The minimum absolute atomic E-state index is 0.108. The molecule has 0 unspecified atom stereocenters. The van der Waals surface area contributed by atoms with Crippen molar-refractivity contribution in [1.29, 1.82) is 5.26 Å². The second kappa shape index (κ2) is 6.98. The van der Waals surface area contributed by atoms with Crippen molar-refractivity contribution in [2.45, 2.75) is 0 Å². The Labute approximate surface area is 164 Å². The number of nitrogens with one attached hydrogen (secondary N) is 1. The van der Waals surface area contributed by atoms with Crippen LogP contribution in [-0.2, 0) is 0 Å². The van der Waals surface area contributed by atoms with Crippen LogP contribution >= 0.6 is 11.3 Å². The number of anilines is 3. The maximum atomic E-state index is 12.8. The predicted molar refractivity (Wildman–Crippen MR) is 111 cm³/mol. The summed E-state index contributed by atoms with van der Waals surface area (Å²) in [5.41, 5.74) is 14.9. The quantitative estimate of drug-likeness (QED) is 0.492. The molecule has 0 saturated heterocycles. The van der Waals surface area contributed by atoms with Gasteiger partial charge in [-0.2, -0.15) is 5.26 Å². The van der Waals surface area contributed by atoms with Gasteiger partial charge in [-0.1, -0.05) is 30.3 Å². The van der Waals surface area contributed by atoms with Crippen molar-refractivity contribution < 1.29 is 4.79 Å². The zero-order chi connectivity index (χ0) is 19.7. The minimum Gasteiger partial charge on any atom is -0.397 e. The summed E-state index contributed by atoms with van der Waals surface area (Å²) < 4.78 is 0. The molecule has 0 aliphatic heterocycles. The molecule has 1 aromatic carbocycles. The number of aromatic nitrogens is 2. The van der Waals surface area contributed by atoms with Crippen LogP contribution < -0.4 is 16.8 Å². The van der Waals surface area contributed by atoms with E-state index >= 15 is 0 Å². The number of nitriles is 1. The van der Waals surface area contributed by atoms with Crippen molar-refractivity contribution in [3.8, 4) is 17.2 Å². The van der Waals surface area contributed by atoms with Crippen LogP contribution in [0.15, 0.2) is 54.9 Å². The van der Waals surface area contributed by atoms with E-state index in [2.05, 4.69) is 21.4 Å². The molecule has 4 aromatic rings. The van der Waals surface area contributed by atoms with E-state index in [0.717, 1.165) is 16.9 Å². The van der Waals surface area contributed by atoms with E-state index in [4.69, 9.17) is 11.5 Å². The third-order valence-corrected chi connectivity index (χ3v) is 5.32. The molecular weight excluding hydrogens is 372 g/mol. The Balaban J connectivity index is 1.92. The first-order valence-corrected chi connectivity index (χ1v) is 9.10. The van der Waals surface area contributed by atoms with E-state index in [1.165, 1.54) is 0 Å². The Morgan fingerprint density at radius 1 is 1.11 bits per heavy atom. The number of rotatable bonds is 3. The first kappa shape index (κ1) is 17.5. The van der Waals surface area contributed by atoms with Gasteiger partial charge in [0.15, 0.2) is 0 Å². The van der Waals surface area contributed by atoms with Gasteiger partial charge in [0, 0.05) is 29.0 Å². The predicted octanol–water partition coefficient (Wildman–Crippen LogP) is 3.65. The van der Waals surface area contributed by atoms with Crippen molar-refractivity contribution in [3.63, 3.8) is 0 Å². The normalized spacial score (nSPS) is 10.5. The Kier molecular flexibility index (Phi) is 4.35. The molecule has 3 heterocycles. The van der Waals surface area contributed by atoms with Crippen molar-refractivity contribution in [3.05, 3.63) is 65.3 Å². The number of thiophene rings is 1. The molecule has 0 aliphatic carbocycles. The van der Waals surface area contributed by atoms with Crippen LogP contribution in [0.1, 0.15) is 15.2 Å². The number of fused-ring (bicyclic) bond motifs is 1. The molecular formula is C20H14N6OS. The number of pyridine rings is 2. The smallest absolute Gasteiger partial charge is 0.267 e. The van der Waals surface area contributed by atoms with Crippen molar-refractivity contribution in [2.24, 2.45) is 0 Å². The standard InChI is InChI=1S/C20H14N6OS/c21-10-13-14(11-4-2-1-3-5-11)15-16(22)17(28-20(15)26-18(13)23)19(27)25-12-6-8-24-9-7-12/h1-9H,22H2,(H2,23,26)(H,24,25,27). The van der Waals surface area contributed by atoms with Gasteiger partial charge in [-0.15, -0.1) is 11.3 Å². The molecule has 4 rings (SSSR count). The lowest BCUT2D eigenvalue weighted by Gasteiger charge is -2.09. The molecule has 8 heteroatoms. The Morgan fingerprint density at radius 3 is 2.50 bits per heavy atom. The molecule has 0 aliphatic rings. The number of nitrogen functional groups attached to an aromatic ring is 2. The lowest BCUT2D eigenvalue weighted by molar-refractivity contribution is 0.103. The molecule has 0 radical (unpaired) electrons. The summed E-state index contributed by atoms with van der Waals surface area (Å²) in [7, 11) is 0. The molecule has 0 bridgehead atoms. The fraction of sp³-hybridized carbons (Fsp3) is 0. The number of carbonyl (C=O) groups excluding carboxylic acids is 1. The zero-order valence-corrected chi connectivity index (χ0v) is 15.3. The van der Waals surface area contributed by atoms with Gasteiger partial charge in [0.25, 0.3) is 5.91 Å². The lowest BCUT2D eigenvalue weighted by atomic mass is 9.97. The first-order valence-electron chi connectivity index (χ1n) is 8.28. The van der Waals surface area contributed by atoms with E-state index in [1.807, 2.05) is 30.3 Å². The Hall–Kier alpha value is -3.96. The van der Waals surface area contributed by atoms with Crippen molar-refractivity contribution in [1.82, 2.24) is 9.97 Å². The maximum absolute atomic E-state index is 12.8. The van der Waals surface area contributed by atoms with E-state index in [-0.39, 0.29) is 23.0 Å². The number of carbonyl (C=O) groups is 1. The first-order chi connectivity index (χ1) is 13.6. The van der Waals surface area contributed by atoms with Crippen LogP contribution in [0.25, 0.3) is 21.3 Å². The molecule has 3 aromatic heterocycles. The number of hydrogen-bond donors (Lipinski definition) is 3. The van der Waals surface area contributed by atoms with Crippen LogP contribution in [0, 0.1) is 11.3 Å². The average molecular weight is 386 g/mol. The van der Waals surface area contributed by atoms with E-state index in [0.29, 0.717) is 26.3 Å². The van der Waals surface area contributed by atoms with Crippen molar-refractivity contribution in [2.75, 3.05) is 16.8 Å². The number of benzene rings is 1. The van der Waals surface area contributed by atoms with Crippen molar-refractivity contribution >= 4 is 44.7 Å². The SMILES string of the molecule is N#Cc1c(N)nc2sc(C(=O)Nc3ccncc3)c(N)c2c1-c1ccccc1. The highest BCUT2D eigenvalue weighted by Gasteiger charge is 2.24. The molecule has 0 spiro atoms. The highest BCUT2D eigenvalue weighted by atomic mass is 32.1. The van der Waals surface area contributed by atoms with Crippen LogP contribution in [0.5, 0.6) is 0 Å². The van der Waals surface area contributed by atoms with Gasteiger partial charge >= 0.3 is 0 Å². The van der Waals surface area contributed by atoms with Gasteiger partial charge in [0.1, 0.15) is 27.2 Å². The molecule has 0 atom stereocenters. The van der Waals surface area contributed by atoms with Gasteiger partial charge in [0.2, 0.25) is 0 Å². The zero-order valence-electron chi connectivity index (χ0n) is 14.5. The molecule has 1 amide bonds. The second-order valence-corrected chi connectivity index (χ2v) is 6.94. The summed E-state index contributed by atoms with van der Waals surface area (Å²) in [6, 6.07) is 14.8. The number of nitrogens with two attached hydrogens (primary N) is 2. The molecule has 28 heavy (non-hydrogen) atoms. The summed E-state index contributed by atoms with van der Waals surface area (Å²) in [6.45, 7) is 0. The van der Waals surface area contributed by atoms with E-state index < -0.39 is 0 Å². The maximum Gasteiger partial charge on any atom is 0.267 e. The molecule has 5 N–H and O–H groups in total. The number of amides is 1. The van der Waals surface area contributed by atoms with Gasteiger partial charge in [-0.25, -0.2) is 4.98 Å². The monoisotopic (exact) mass is 386 g/mol. The fourth-order valence-electron chi connectivity index (χ4n) is 2.97. The average Bonchev–Trinajstić information content (AvgIpc) is 3.04. The molecule has 0 fully saturated rings. The van der Waals surface area contributed by atoms with Gasteiger partial charge < -0.3 is 16.8 Å². The van der Waals surface area contributed by atoms with Gasteiger partial charge in [0.05, 0.1) is 5.69 Å². The van der Waals surface area contributed by atoms with Crippen LogP contribution in [0.4, 0.5) is 17.2 Å². The number of nitrogens with zero attached hydrogens (tertiary/aromatic N) is 3. The second-order valence-electron chi connectivity index (χ2n) is 5.94. The summed E-state index contributed by atoms with van der Waals surface area (Å²) in [5.74, 6) is -0.251. The molecule has 7 nitrogen and oxygen atoms in total. The van der Waals surface area contributed by atoms with Gasteiger partial charge in [-0.3, -0.25) is 9.78 Å². The molecule has 0 saturated carbocycles. The van der Waals surface area contributed by atoms with E-state index in [9.17, 15) is 10.1 Å². The summed E-state index contributed by atoms with van der Waals surface area (Å²) in [4.78, 5) is 21.8. The highest BCUT2D eigenvalue weighted by molar-refractivity contribution is 7.21. The summed E-state index contributed by atoms with van der Waals surface area (Å²) >= 11 is 1.14. The summed E-state index contributed by atoms with van der Waals surface area (Å²) in [6.07, 6.45) is 3.16. The van der Waals surface area contributed by atoms with E-state index in [1.54, 1.807) is 24.5 Å². The fourth-order valence-corrected chi connectivity index (χ4v) is 3.98. The Bertz CT molecular complexity index is 1230. The minimum atomic E-state index is -0.359.